The van der Waals surface area contributed by atoms with Gasteiger partial charge < -0.3 is 21.1 Å². The number of thiazole rings is 1. The standard InChI is InChI=1S/C13H16N4O2S/c1-17(2)9-5-3-4-8(6-9)15-13-16-10(7-20-13)11(14)12(18)19/h3-7,11H,14H2,1-2H3,(H,15,16)(H,18,19). The molecule has 0 saturated heterocycles. The lowest BCUT2D eigenvalue weighted by atomic mass is 10.2. The topological polar surface area (TPSA) is 91.5 Å². The number of hydrogen-bond donors (Lipinski definition) is 3. The fourth-order valence-corrected chi connectivity index (χ4v) is 2.36. The number of benzene rings is 1. The Morgan fingerprint density at radius 2 is 2.25 bits per heavy atom. The van der Waals surface area contributed by atoms with E-state index >= 15 is 0 Å². The number of rotatable bonds is 5. The zero-order chi connectivity index (χ0) is 14.7. The van der Waals surface area contributed by atoms with Crippen molar-refractivity contribution < 1.29 is 9.90 Å². The lowest BCUT2D eigenvalue weighted by Crippen LogP contribution is -2.20. The van der Waals surface area contributed by atoms with Crippen LogP contribution in [0.25, 0.3) is 0 Å². The highest BCUT2D eigenvalue weighted by Crippen LogP contribution is 2.25. The molecule has 6 nitrogen and oxygen atoms in total. The molecule has 7 heteroatoms. The molecule has 0 saturated carbocycles. The molecule has 1 heterocycles. The Labute approximate surface area is 120 Å². The van der Waals surface area contributed by atoms with Crippen molar-refractivity contribution >= 4 is 33.8 Å². The fourth-order valence-electron chi connectivity index (χ4n) is 1.60. The Morgan fingerprint density at radius 3 is 2.90 bits per heavy atom. The molecule has 2 aromatic rings. The molecule has 1 atom stereocenters. The van der Waals surface area contributed by atoms with Crippen LogP contribution in [-0.4, -0.2) is 30.2 Å². The smallest absolute Gasteiger partial charge is 0.326 e. The van der Waals surface area contributed by atoms with Crippen molar-refractivity contribution in [3.63, 3.8) is 0 Å². The molecule has 0 bridgehead atoms. The van der Waals surface area contributed by atoms with Crippen LogP contribution in [0.4, 0.5) is 16.5 Å². The largest absolute Gasteiger partial charge is 0.480 e. The summed E-state index contributed by atoms with van der Waals surface area (Å²) in [6.45, 7) is 0. The molecule has 1 aromatic heterocycles. The van der Waals surface area contributed by atoms with Crippen LogP contribution in [-0.2, 0) is 4.79 Å². The molecule has 1 aromatic carbocycles. The van der Waals surface area contributed by atoms with Gasteiger partial charge in [-0.3, -0.25) is 4.79 Å². The predicted molar refractivity (Wildman–Crippen MR) is 80.7 cm³/mol. The highest BCUT2D eigenvalue weighted by Gasteiger charge is 2.17. The number of nitrogens with one attached hydrogen (secondary N) is 1. The molecule has 1 unspecified atom stereocenters. The number of nitrogens with zero attached hydrogens (tertiary/aromatic N) is 2. The van der Waals surface area contributed by atoms with Crippen LogP contribution in [0.5, 0.6) is 0 Å². The molecule has 0 aliphatic rings. The third kappa shape index (κ3) is 3.25. The van der Waals surface area contributed by atoms with Crippen LogP contribution >= 0.6 is 11.3 Å². The third-order valence-electron chi connectivity index (χ3n) is 2.72. The minimum Gasteiger partial charge on any atom is -0.480 e. The SMILES string of the molecule is CN(C)c1cccc(Nc2nc(C(N)C(=O)O)cs2)c1. The number of carbonyl (C=O) groups is 1. The van der Waals surface area contributed by atoms with E-state index < -0.39 is 12.0 Å². The number of hydrogen-bond acceptors (Lipinski definition) is 6. The maximum absolute atomic E-state index is 10.8. The molecule has 106 valence electrons. The number of anilines is 3. The van der Waals surface area contributed by atoms with Crippen LogP contribution in [0.1, 0.15) is 11.7 Å². The lowest BCUT2D eigenvalue weighted by molar-refractivity contribution is -0.138. The van der Waals surface area contributed by atoms with E-state index in [0.717, 1.165) is 11.4 Å². The van der Waals surface area contributed by atoms with Crippen molar-refractivity contribution in [3.8, 4) is 0 Å². The summed E-state index contributed by atoms with van der Waals surface area (Å²) in [5.74, 6) is -1.09. The van der Waals surface area contributed by atoms with E-state index in [0.29, 0.717) is 10.8 Å². The summed E-state index contributed by atoms with van der Waals surface area (Å²) in [5.41, 5.74) is 7.83. The van der Waals surface area contributed by atoms with Crippen molar-refractivity contribution in [2.24, 2.45) is 5.73 Å². The number of aromatic nitrogens is 1. The molecule has 0 fully saturated rings. The van der Waals surface area contributed by atoms with Crippen LogP contribution < -0.4 is 16.0 Å². The van der Waals surface area contributed by atoms with E-state index in [9.17, 15) is 4.79 Å². The molecule has 0 aliphatic heterocycles. The van der Waals surface area contributed by atoms with E-state index in [4.69, 9.17) is 10.8 Å². The Hall–Kier alpha value is -2.12. The summed E-state index contributed by atoms with van der Waals surface area (Å²) >= 11 is 1.33. The minimum absolute atomic E-state index is 0.355. The number of nitrogens with two attached hydrogens (primary N) is 1. The first-order chi connectivity index (χ1) is 9.47. The van der Waals surface area contributed by atoms with Crippen LogP contribution in [0, 0.1) is 0 Å². The summed E-state index contributed by atoms with van der Waals surface area (Å²) in [5, 5.41) is 14.3. The van der Waals surface area contributed by atoms with Gasteiger partial charge in [0.2, 0.25) is 0 Å². The Morgan fingerprint density at radius 1 is 1.50 bits per heavy atom. The van der Waals surface area contributed by atoms with E-state index in [-0.39, 0.29) is 0 Å². The van der Waals surface area contributed by atoms with Crippen molar-refractivity contribution in [1.82, 2.24) is 4.98 Å². The second-order valence-corrected chi connectivity index (χ2v) is 5.32. The summed E-state index contributed by atoms with van der Waals surface area (Å²) in [6, 6.07) is 6.76. The van der Waals surface area contributed by atoms with Gasteiger partial charge in [0.15, 0.2) is 5.13 Å². The third-order valence-corrected chi connectivity index (χ3v) is 3.50. The molecular formula is C13H16N4O2S. The van der Waals surface area contributed by atoms with Gasteiger partial charge in [0.1, 0.15) is 6.04 Å². The van der Waals surface area contributed by atoms with Crippen LogP contribution in [0.15, 0.2) is 29.6 Å². The van der Waals surface area contributed by atoms with E-state index in [2.05, 4.69) is 10.3 Å². The molecule has 2 rings (SSSR count). The summed E-state index contributed by atoms with van der Waals surface area (Å²) < 4.78 is 0. The van der Waals surface area contributed by atoms with E-state index in [1.54, 1.807) is 5.38 Å². The zero-order valence-corrected chi connectivity index (χ0v) is 12.0. The van der Waals surface area contributed by atoms with Crippen molar-refractivity contribution in [2.75, 3.05) is 24.3 Å². The molecule has 0 radical (unpaired) electrons. The van der Waals surface area contributed by atoms with Crippen molar-refractivity contribution in [2.45, 2.75) is 6.04 Å². The van der Waals surface area contributed by atoms with Gasteiger partial charge in [-0.05, 0) is 18.2 Å². The van der Waals surface area contributed by atoms with Crippen molar-refractivity contribution in [1.29, 1.82) is 0 Å². The monoisotopic (exact) mass is 292 g/mol. The van der Waals surface area contributed by atoms with E-state index in [1.165, 1.54) is 11.3 Å². The first-order valence-corrected chi connectivity index (χ1v) is 6.83. The maximum atomic E-state index is 10.8. The average molecular weight is 292 g/mol. The fraction of sp³-hybridized carbons (Fsp3) is 0.231. The summed E-state index contributed by atoms with van der Waals surface area (Å²) in [6.07, 6.45) is 0. The molecule has 0 spiro atoms. The highest BCUT2D eigenvalue weighted by atomic mass is 32.1. The van der Waals surface area contributed by atoms with Gasteiger partial charge >= 0.3 is 5.97 Å². The van der Waals surface area contributed by atoms with E-state index in [1.807, 2.05) is 43.3 Å². The number of carboxylic acids is 1. The van der Waals surface area contributed by atoms with Gasteiger partial charge in [0, 0.05) is 30.9 Å². The second kappa shape index (κ2) is 5.89. The van der Waals surface area contributed by atoms with Gasteiger partial charge in [-0.15, -0.1) is 11.3 Å². The summed E-state index contributed by atoms with van der Waals surface area (Å²) in [7, 11) is 3.93. The minimum atomic E-state index is -1.09. The first kappa shape index (κ1) is 14.3. The van der Waals surface area contributed by atoms with Gasteiger partial charge in [-0.1, -0.05) is 6.07 Å². The predicted octanol–water partition coefficient (Wildman–Crippen LogP) is 2.04. The van der Waals surface area contributed by atoms with Gasteiger partial charge in [-0.25, -0.2) is 4.98 Å². The lowest BCUT2D eigenvalue weighted by Gasteiger charge is -2.13. The van der Waals surface area contributed by atoms with Crippen LogP contribution in [0.3, 0.4) is 0 Å². The zero-order valence-electron chi connectivity index (χ0n) is 11.2. The van der Waals surface area contributed by atoms with Crippen LogP contribution in [0.2, 0.25) is 0 Å². The highest BCUT2D eigenvalue weighted by molar-refractivity contribution is 7.13. The molecule has 0 amide bonds. The Kier molecular flexibility index (Phi) is 4.21. The Bertz CT molecular complexity index is 612. The second-order valence-electron chi connectivity index (χ2n) is 4.46. The van der Waals surface area contributed by atoms with Gasteiger partial charge in [0.25, 0.3) is 0 Å². The first-order valence-electron chi connectivity index (χ1n) is 5.95. The maximum Gasteiger partial charge on any atom is 0.326 e. The van der Waals surface area contributed by atoms with Crippen molar-refractivity contribution in [3.05, 3.63) is 35.3 Å². The number of carboxylic acid groups (broad SMARTS) is 1. The molecule has 4 N–H and O–H groups in total. The quantitative estimate of drug-likeness (QED) is 0.781. The Balaban J connectivity index is 2.14. The molecule has 20 heavy (non-hydrogen) atoms. The molecular weight excluding hydrogens is 276 g/mol. The van der Waals surface area contributed by atoms with Gasteiger partial charge in [-0.2, -0.15) is 0 Å². The number of aliphatic carboxylic acids is 1. The summed E-state index contributed by atoms with van der Waals surface area (Å²) in [4.78, 5) is 17.0. The average Bonchev–Trinajstić information content (AvgIpc) is 2.86. The normalized spacial score (nSPS) is 11.9. The van der Waals surface area contributed by atoms with Gasteiger partial charge in [0.05, 0.1) is 5.69 Å². The molecule has 0 aliphatic carbocycles.